The first-order valence-electron chi connectivity index (χ1n) is 3.58. The van der Waals surface area contributed by atoms with Gasteiger partial charge in [-0.1, -0.05) is 0 Å². The molecule has 0 saturated carbocycles. The van der Waals surface area contributed by atoms with Gasteiger partial charge in [0.25, 0.3) is 0 Å². The molecule has 0 amide bonds. The summed E-state index contributed by atoms with van der Waals surface area (Å²) in [5, 5.41) is 12.6. The molecule has 2 aromatic heterocycles. The molecule has 66 valence electrons. The molecule has 0 aliphatic rings. The van der Waals surface area contributed by atoms with Crippen molar-refractivity contribution in [3.05, 3.63) is 30.2 Å². The lowest BCUT2D eigenvalue weighted by Crippen LogP contribution is -2.33. The first-order chi connectivity index (χ1) is 6.20. The Bertz CT molecular complexity index is 476. The van der Waals surface area contributed by atoms with E-state index in [4.69, 9.17) is 10.8 Å². The van der Waals surface area contributed by atoms with E-state index >= 15 is 0 Å². The maximum Gasteiger partial charge on any atom is 0.385 e. The molecule has 2 aromatic rings. The standard InChI is InChI=1S/C7H6N4O2/c8-6-5(7(12)13)10-3-1-2-4-11(10)9-6/h1-4H,(H2-,8,9,12,13)/p+1. The highest BCUT2D eigenvalue weighted by Gasteiger charge is 2.25. The Morgan fingerprint density at radius 2 is 2.38 bits per heavy atom. The zero-order valence-corrected chi connectivity index (χ0v) is 6.58. The van der Waals surface area contributed by atoms with Crippen LogP contribution >= 0.6 is 0 Å². The molecular weight excluding hydrogens is 172 g/mol. The van der Waals surface area contributed by atoms with Gasteiger partial charge in [-0.15, -0.1) is 4.52 Å². The second kappa shape index (κ2) is 2.44. The van der Waals surface area contributed by atoms with Crippen molar-refractivity contribution in [1.82, 2.24) is 9.73 Å². The number of carboxylic acid groups (broad SMARTS) is 1. The van der Waals surface area contributed by atoms with Crippen molar-refractivity contribution in [2.75, 3.05) is 5.73 Å². The molecule has 0 aliphatic heterocycles. The van der Waals surface area contributed by atoms with Crippen molar-refractivity contribution in [2.24, 2.45) is 0 Å². The van der Waals surface area contributed by atoms with Crippen LogP contribution < -0.4 is 10.2 Å². The number of hydrogen-bond acceptors (Lipinski definition) is 3. The molecule has 6 heteroatoms. The van der Waals surface area contributed by atoms with Gasteiger partial charge in [-0.05, 0) is 16.8 Å². The summed E-state index contributed by atoms with van der Waals surface area (Å²) < 4.78 is 2.72. The normalized spacial score (nSPS) is 10.5. The van der Waals surface area contributed by atoms with Gasteiger partial charge in [0.15, 0.2) is 0 Å². The number of carboxylic acids is 1. The van der Waals surface area contributed by atoms with Crippen LogP contribution in [0.3, 0.4) is 0 Å². The quantitative estimate of drug-likeness (QED) is 0.561. The van der Waals surface area contributed by atoms with Gasteiger partial charge in [0, 0.05) is 0 Å². The van der Waals surface area contributed by atoms with Crippen LogP contribution in [0.2, 0.25) is 0 Å². The number of hydrogen-bond donors (Lipinski definition) is 2. The number of fused-ring (bicyclic) bond motifs is 1. The van der Waals surface area contributed by atoms with E-state index in [9.17, 15) is 4.79 Å². The van der Waals surface area contributed by atoms with Crippen LogP contribution in [0.25, 0.3) is 0 Å². The summed E-state index contributed by atoms with van der Waals surface area (Å²) in [5.41, 5.74) is 5.39. The Hall–Kier alpha value is -2.11. The molecule has 0 saturated heterocycles. The van der Waals surface area contributed by atoms with E-state index in [0.717, 1.165) is 0 Å². The first kappa shape index (κ1) is 7.53. The topological polar surface area (TPSA) is 84.7 Å². The van der Waals surface area contributed by atoms with E-state index < -0.39 is 5.97 Å². The van der Waals surface area contributed by atoms with Gasteiger partial charge in [-0.25, -0.2) is 4.79 Å². The fourth-order valence-corrected chi connectivity index (χ4v) is 1.14. The Morgan fingerprint density at radius 3 is 3.08 bits per heavy atom. The Kier molecular flexibility index (Phi) is 1.42. The first-order valence-corrected chi connectivity index (χ1v) is 3.58. The van der Waals surface area contributed by atoms with Crippen molar-refractivity contribution in [2.45, 2.75) is 0 Å². The van der Waals surface area contributed by atoms with Crippen LogP contribution in [0.4, 0.5) is 5.82 Å². The lowest BCUT2D eigenvalue weighted by atomic mass is 10.4. The summed E-state index contributed by atoms with van der Waals surface area (Å²) in [6.07, 6.45) is 3.19. The highest BCUT2D eigenvalue weighted by Crippen LogP contribution is 2.00. The predicted octanol–water partition coefficient (Wildman–Crippen LogP) is -0.800. The fraction of sp³-hybridized carbons (Fsp3) is 0. The van der Waals surface area contributed by atoms with Gasteiger partial charge in [0.2, 0.25) is 0 Å². The van der Waals surface area contributed by atoms with Crippen molar-refractivity contribution >= 4 is 11.8 Å². The SMILES string of the molecule is Nc1nn2cccc[n+]2c1C(=O)O. The minimum Gasteiger partial charge on any atom is -0.475 e. The summed E-state index contributed by atoms with van der Waals surface area (Å²) in [7, 11) is 0. The van der Waals surface area contributed by atoms with Crippen molar-refractivity contribution in [3.8, 4) is 0 Å². The Morgan fingerprint density at radius 1 is 1.62 bits per heavy atom. The molecule has 0 fully saturated rings. The Balaban J connectivity index is 2.86. The molecule has 6 nitrogen and oxygen atoms in total. The smallest absolute Gasteiger partial charge is 0.385 e. The summed E-state index contributed by atoms with van der Waals surface area (Å²) >= 11 is 0. The van der Waals surface area contributed by atoms with E-state index in [1.54, 1.807) is 24.5 Å². The third-order valence-electron chi connectivity index (χ3n) is 1.66. The molecule has 0 radical (unpaired) electrons. The number of anilines is 1. The number of aromatic carboxylic acids is 1. The van der Waals surface area contributed by atoms with Crippen LogP contribution in [-0.4, -0.2) is 20.8 Å². The highest BCUT2D eigenvalue weighted by molar-refractivity contribution is 5.88. The summed E-state index contributed by atoms with van der Waals surface area (Å²) in [6, 6.07) is 3.44. The van der Waals surface area contributed by atoms with Gasteiger partial charge in [0.05, 0.1) is 11.3 Å². The van der Waals surface area contributed by atoms with Crippen LogP contribution in [-0.2, 0) is 0 Å². The van der Waals surface area contributed by atoms with Crippen molar-refractivity contribution < 1.29 is 14.4 Å². The molecule has 2 heterocycles. The maximum atomic E-state index is 10.7. The van der Waals surface area contributed by atoms with Crippen molar-refractivity contribution in [3.63, 3.8) is 0 Å². The second-order valence-electron chi connectivity index (χ2n) is 2.49. The van der Waals surface area contributed by atoms with E-state index in [0.29, 0.717) is 0 Å². The zero-order valence-electron chi connectivity index (χ0n) is 6.58. The average molecular weight is 179 g/mol. The largest absolute Gasteiger partial charge is 0.475 e. The minimum absolute atomic E-state index is 0.00343. The molecule has 0 unspecified atom stereocenters. The van der Waals surface area contributed by atoms with Gasteiger partial charge in [-0.2, -0.15) is 0 Å². The third-order valence-corrected chi connectivity index (χ3v) is 1.66. The summed E-state index contributed by atoms with van der Waals surface area (Å²) in [4.78, 5) is 10.7. The fourth-order valence-electron chi connectivity index (χ4n) is 1.14. The summed E-state index contributed by atoms with van der Waals surface area (Å²) in [6.45, 7) is 0. The van der Waals surface area contributed by atoms with Crippen LogP contribution in [0.1, 0.15) is 10.5 Å². The zero-order chi connectivity index (χ0) is 9.42. The number of nitrogens with two attached hydrogens (primary N) is 1. The lowest BCUT2D eigenvalue weighted by Gasteiger charge is -1.86. The predicted molar refractivity (Wildman–Crippen MR) is 42.2 cm³/mol. The molecule has 0 aromatic carbocycles. The van der Waals surface area contributed by atoms with Crippen molar-refractivity contribution in [1.29, 1.82) is 0 Å². The van der Waals surface area contributed by atoms with Crippen LogP contribution in [0.5, 0.6) is 0 Å². The third kappa shape index (κ3) is 0.994. The molecule has 0 aliphatic carbocycles. The minimum atomic E-state index is -1.09. The number of carbonyl (C=O) groups is 1. The monoisotopic (exact) mass is 179 g/mol. The average Bonchev–Trinajstić information content (AvgIpc) is 2.39. The lowest BCUT2D eigenvalue weighted by molar-refractivity contribution is -0.625. The van der Waals surface area contributed by atoms with Crippen LogP contribution in [0, 0.1) is 0 Å². The highest BCUT2D eigenvalue weighted by atomic mass is 16.4. The van der Waals surface area contributed by atoms with E-state index in [1.165, 1.54) is 9.15 Å². The van der Waals surface area contributed by atoms with Crippen LogP contribution in [0.15, 0.2) is 24.5 Å². The van der Waals surface area contributed by atoms with E-state index in [1.807, 2.05) is 0 Å². The molecule has 0 bridgehead atoms. The van der Waals surface area contributed by atoms with E-state index in [-0.39, 0.29) is 11.5 Å². The Labute approximate surface area is 72.8 Å². The molecular formula is C7H7N4O2+. The summed E-state index contributed by atoms with van der Waals surface area (Å²) in [5.74, 6) is -1.09. The number of aromatic nitrogens is 3. The molecule has 0 atom stereocenters. The van der Waals surface area contributed by atoms with Gasteiger partial charge < -0.3 is 10.8 Å². The second-order valence-corrected chi connectivity index (χ2v) is 2.49. The maximum absolute atomic E-state index is 10.7. The molecule has 2 rings (SSSR count). The number of nitrogen functional groups attached to an aromatic ring is 1. The molecule has 0 spiro atoms. The molecule has 3 N–H and O–H groups in total. The molecule has 13 heavy (non-hydrogen) atoms. The number of rotatable bonds is 1. The van der Waals surface area contributed by atoms with E-state index in [2.05, 4.69) is 5.10 Å². The number of nitrogens with zero attached hydrogens (tertiary/aromatic N) is 3. The van der Waals surface area contributed by atoms with Gasteiger partial charge >= 0.3 is 17.5 Å². The van der Waals surface area contributed by atoms with Gasteiger partial charge in [-0.3, -0.25) is 0 Å². The van der Waals surface area contributed by atoms with Gasteiger partial charge in [0.1, 0.15) is 6.20 Å².